The Balaban J connectivity index is 1.47. The van der Waals surface area contributed by atoms with Crippen molar-refractivity contribution in [1.29, 1.82) is 0 Å². The summed E-state index contributed by atoms with van der Waals surface area (Å²) in [4.78, 5) is 14.4. The number of para-hydroxylation sites is 2. The van der Waals surface area contributed by atoms with Crippen LogP contribution in [0, 0.1) is 13.8 Å². The zero-order valence-electron chi connectivity index (χ0n) is 17.7. The molecule has 160 valence electrons. The minimum absolute atomic E-state index is 0.0926. The van der Waals surface area contributed by atoms with Gasteiger partial charge in [0.2, 0.25) is 0 Å². The third-order valence-corrected chi connectivity index (χ3v) is 7.11. The van der Waals surface area contributed by atoms with Gasteiger partial charge >= 0.3 is 0 Å². The number of benzene rings is 1. The number of ether oxygens (including phenoxy) is 1. The van der Waals surface area contributed by atoms with Crippen molar-refractivity contribution in [3.05, 3.63) is 76.0 Å². The number of rotatable bonds is 9. The Morgan fingerprint density at radius 3 is 2.81 bits per heavy atom. The zero-order valence-corrected chi connectivity index (χ0v) is 19.4. The molecule has 6 nitrogen and oxygen atoms in total. The van der Waals surface area contributed by atoms with Crippen LogP contribution in [0.15, 0.2) is 59.3 Å². The Hall–Kier alpha value is -2.84. The SMILES string of the molecule is COc1ccccc1-n1cnnc1SCC(=O)c1cc(C)n(CCc2cccs2)c1C. The van der Waals surface area contributed by atoms with Crippen molar-refractivity contribution in [3.63, 3.8) is 0 Å². The molecule has 4 rings (SSSR count). The molecule has 0 atom stereocenters. The van der Waals surface area contributed by atoms with Gasteiger partial charge in [0, 0.05) is 28.4 Å². The molecule has 0 bridgehead atoms. The maximum atomic E-state index is 13.0. The van der Waals surface area contributed by atoms with Gasteiger partial charge < -0.3 is 9.30 Å². The van der Waals surface area contributed by atoms with E-state index >= 15 is 0 Å². The van der Waals surface area contributed by atoms with Gasteiger partial charge in [-0.2, -0.15) is 0 Å². The molecule has 0 radical (unpaired) electrons. The second-order valence-corrected chi connectivity index (χ2v) is 9.11. The van der Waals surface area contributed by atoms with Crippen molar-refractivity contribution < 1.29 is 9.53 Å². The van der Waals surface area contributed by atoms with Gasteiger partial charge in [-0.1, -0.05) is 30.0 Å². The monoisotopic (exact) mass is 452 g/mol. The Morgan fingerprint density at radius 2 is 2.03 bits per heavy atom. The molecule has 4 aromatic rings. The molecule has 8 heteroatoms. The predicted molar refractivity (Wildman–Crippen MR) is 125 cm³/mol. The number of carbonyl (C=O) groups excluding carboxylic acids is 1. The summed E-state index contributed by atoms with van der Waals surface area (Å²) in [6, 6.07) is 13.9. The molecule has 0 unspecified atom stereocenters. The van der Waals surface area contributed by atoms with Gasteiger partial charge in [-0.25, -0.2) is 0 Å². The number of hydrogen-bond donors (Lipinski definition) is 0. The maximum Gasteiger partial charge on any atom is 0.196 e. The number of ketones is 1. The van der Waals surface area contributed by atoms with Crippen LogP contribution in [0.2, 0.25) is 0 Å². The number of thioether (sulfide) groups is 1. The molecule has 0 aliphatic heterocycles. The smallest absolute Gasteiger partial charge is 0.196 e. The quantitative estimate of drug-likeness (QED) is 0.265. The summed E-state index contributed by atoms with van der Waals surface area (Å²) >= 11 is 3.15. The van der Waals surface area contributed by atoms with Gasteiger partial charge in [0.05, 0.1) is 18.6 Å². The van der Waals surface area contributed by atoms with Crippen molar-refractivity contribution in [2.45, 2.75) is 32.0 Å². The van der Waals surface area contributed by atoms with Crippen LogP contribution in [-0.4, -0.2) is 38.0 Å². The van der Waals surface area contributed by atoms with E-state index in [0.29, 0.717) is 10.9 Å². The number of Topliss-reactive ketones (excluding diaryl/α,β-unsaturated/α-hetero) is 1. The highest BCUT2D eigenvalue weighted by atomic mass is 32.2. The largest absolute Gasteiger partial charge is 0.495 e. The van der Waals surface area contributed by atoms with Crippen LogP contribution in [0.1, 0.15) is 26.6 Å². The van der Waals surface area contributed by atoms with E-state index in [-0.39, 0.29) is 5.78 Å². The van der Waals surface area contributed by atoms with E-state index in [1.165, 1.54) is 16.6 Å². The average Bonchev–Trinajstić information content (AvgIpc) is 3.52. The summed E-state index contributed by atoms with van der Waals surface area (Å²) in [5, 5.41) is 11.0. The Morgan fingerprint density at radius 1 is 1.19 bits per heavy atom. The molecule has 31 heavy (non-hydrogen) atoms. The van der Waals surface area contributed by atoms with Crippen LogP contribution in [-0.2, 0) is 13.0 Å². The summed E-state index contributed by atoms with van der Waals surface area (Å²) in [7, 11) is 1.63. The van der Waals surface area contributed by atoms with E-state index in [4.69, 9.17) is 4.74 Å². The normalized spacial score (nSPS) is 11.1. The minimum atomic E-state index is 0.0926. The van der Waals surface area contributed by atoms with E-state index in [1.54, 1.807) is 24.8 Å². The van der Waals surface area contributed by atoms with Crippen molar-refractivity contribution in [2.75, 3.05) is 12.9 Å². The molecule has 0 N–H and O–H groups in total. The average molecular weight is 453 g/mol. The van der Waals surface area contributed by atoms with Gasteiger partial charge in [0.1, 0.15) is 12.1 Å². The van der Waals surface area contributed by atoms with E-state index in [0.717, 1.165) is 41.4 Å². The Bertz CT molecular complexity index is 1180. The lowest BCUT2D eigenvalue weighted by Gasteiger charge is -2.10. The van der Waals surface area contributed by atoms with Gasteiger partial charge in [-0.3, -0.25) is 9.36 Å². The molecule has 0 aliphatic carbocycles. The van der Waals surface area contributed by atoms with E-state index in [1.807, 2.05) is 41.8 Å². The van der Waals surface area contributed by atoms with Crippen LogP contribution in [0.3, 0.4) is 0 Å². The van der Waals surface area contributed by atoms with Crippen LogP contribution in [0.25, 0.3) is 5.69 Å². The van der Waals surface area contributed by atoms with Crippen LogP contribution >= 0.6 is 23.1 Å². The van der Waals surface area contributed by atoms with Gasteiger partial charge in [0.25, 0.3) is 0 Å². The summed E-state index contributed by atoms with van der Waals surface area (Å²) < 4.78 is 9.53. The van der Waals surface area contributed by atoms with Crippen LogP contribution in [0.5, 0.6) is 5.75 Å². The molecule has 0 saturated carbocycles. The standard InChI is InChI=1S/C23H24N4O2S2/c1-16-13-19(17(2)26(16)11-10-18-7-6-12-30-18)21(28)14-31-23-25-24-15-27(23)20-8-4-5-9-22(20)29-3/h4-9,12-13,15H,10-11,14H2,1-3H3. The van der Waals surface area contributed by atoms with Crippen molar-refractivity contribution >= 4 is 28.9 Å². The van der Waals surface area contributed by atoms with Gasteiger partial charge in [-0.05, 0) is 49.9 Å². The number of thiophene rings is 1. The number of nitrogens with zero attached hydrogens (tertiary/aromatic N) is 4. The first-order valence-corrected chi connectivity index (χ1v) is 11.8. The van der Waals surface area contributed by atoms with Gasteiger partial charge in [-0.15, -0.1) is 21.5 Å². The predicted octanol–water partition coefficient (Wildman–Crippen LogP) is 4.97. The molecule has 0 fully saturated rings. The highest BCUT2D eigenvalue weighted by Gasteiger charge is 2.18. The summed E-state index contributed by atoms with van der Waals surface area (Å²) in [6.45, 7) is 4.96. The third-order valence-electron chi connectivity index (χ3n) is 5.23. The fraction of sp³-hybridized carbons (Fsp3) is 0.261. The van der Waals surface area contributed by atoms with Crippen LogP contribution < -0.4 is 4.74 Å². The molecule has 0 amide bonds. The lowest BCUT2D eigenvalue weighted by molar-refractivity contribution is 0.102. The van der Waals surface area contributed by atoms with Gasteiger partial charge in [0.15, 0.2) is 10.9 Å². The van der Waals surface area contributed by atoms with Crippen LogP contribution in [0.4, 0.5) is 0 Å². The van der Waals surface area contributed by atoms with Crippen molar-refractivity contribution in [3.8, 4) is 11.4 Å². The first-order valence-electron chi connectivity index (χ1n) is 9.97. The lowest BCUT2D eigenvalue weighted by Crippen LogP contribution is -2.08. The zero-order chi connectivity index (χ0) is 21.8. The molecular weight excluding hydrogens is 428 g/mol. The molecule has 3 heterocycles. The van der Waals surface area contributed by atoms with E-state index < -0.39 is 0 Å². The summed E-state index contributed by atoms with van der Waals surface area (Å²) in [5.74, 6) is 1.11. The summed E-state index contributed by atoms with van der Waals surface area (Å²) in [6.07, 6.45) is 2.61. The fourth-order valence-electron chi connectivity index (χ4n) is 3.63. The highest BCUT2D eigenvalue weighted by molar-refractivity contribution is 7.99. The molecular formula is C23H24N4O2S2. The molecule has 0 spiro atoms. The first kappa shape index (κ1) is 21.4. The number of aryl methyl sites for hydroxylation is 2. The second-order valence-electron chi connectivity index (χ2n) is 7.13. The number of aromatic nitrogens is 4. The van der Waals surface area contributed by atoms with Crippen molar-refractivity contribution in [1.82, 2.24) is 19.3 Å². The fourth-order valence-corrected chi connectivity index (χ4v) is 5.13. The first-order chi connectivity index (χ1) is 15.1. The van der Waals surface area contributed by atoms with Crippen molar-refractivity contribution in [2.24, 2.45) is 0 Å². The Labute approximate surface area is 189 Å². The minimum Gasteiger partial charge on any atom is -0.495 e. The molecule has 0 aliphatic rings. The van der Waals surface area contributed by atoms with E-state index in [9.17, 15) is 4.79 Å². The molecule has 1 aromatic carbocycles. The van der Waals surface area contributed by atoms with E-state index in [2.05, 4.69) is 39.2 Å². The number of hydrogen-bond acceptors (Lipinski definition) is 6. The third kappa shape index (κ3) is 4.60. The topological polar surface area (TPSA) is 61.9 Å². The summed E-state index contributed by atoms with van der Waals surface area (Å²) in [5.41, 5.74) is 3.75. The maximum absolute atomic E-state index is 13.0. The number of methoxy groups -OCH3 is 1. The number of carbonyl (C=O) groups is 1. The highest BCUT2D eigenvalue weighted by Crippen LogP contribution is 2.27. The molecule has 3 aromatic heterocycles. The lowest BCUT2D eigenvalue weighted by atomic mass is 10.2. The Kier molecular flexibility index (Phi) is 6.58. The second kappa shape index (κ2) is 9.53. The molecule has 0 saturated heterocycles.